The minimum Gasteiger partial charge on any atom is -0.550 e. The molecule has 5 nitrogen and oxygen atoms in total. The summed E-state index contributed by atoms with van der Waals surface area (Å²) >= 11 is 0. The SMILES string of the molecule is CC[C@H]1C[NH+]2CC[C@H]1C[C@@H]2CNC(=O)CCCC(=O)[O-]. The van der Waals surface area contributed by atoms with Crippen molar-refractivity contribution in [1.82, 2.24) is 5.32 Å². The zero-order valence-corrected chi connectivity index (χ0v) is 12.3. The molecule has 3 rings (SSSR count). The fourth-order valence-electron chi connectivity index (χ4n) is 3.85. The molecule has 0 spiro atoms. The number of piperidine rings is 3. The topological polar surface area (TPSA) is 73.7 Å². The number of fused-ring (bicyclic) bond motifs is 3. The van der Waals surface area contributed by atoms with Crippen molar-refractivity contribution in [3.8, 4) is 0 Å². The third kappa shape index (κ3) is 3.95. The summed E-state index contributed by atoms with van der Waals surface area (Å²) in [4.78, 5) is 23.6. The van der Waals surface area contributed by atoms with E-state index >= 15 is 0 Å². The zero-order chi connectivity index (χ0) is 14.5. The van der Waals surface area contributed by atoms with Gasteiger partial charge in [-0.3, -0.25) is 4.79 Å². The summed E-state index contributed by atoms with van der Waals surface area (Å²) in [6.07, 6.45) is 4.47. The van der Waals surface area contributed by atoms with Gasteiger partial charge in [-0.1, -0.05) is 6.92 Å². The highest BCUT2D eigenvalue weighted by Crippen LogP contribution is 2.28. The van der Waals surface area contributed by atoms with E-state index in [1.807, 2.05) is 0 Å². The van der Waals surface area contributed by atoms with Gasteiger partial charge in [0.05, 0.1) is 19.6 Å². The Morgan fingerprint density at radius 1 is 1.35 bits per heavy atom. The van der Waals surface area contributed by atoms with E-state index < -0.39 is 5.97 Å². The maximum absolute atomic E-state index is 11.7. The minimum atomic E-state index is -1.08. The van der Waals surface area contributed by atoms with Crippen molar-refractivity contribution < 1.29 is 19.6 Å². The molecule has 0 aromatic carbocycles. The predicted molar refractivity (Wildman–Crippen MR) is 72.9 cm³/mol. The average molecular weight is 282 g/mol. The minimum absolute atomic E-state index is 0.0275. The van der Waals surface area contributed by atoms with Gasteiger partial charge in [0.2, 0.25) is 5.91 Å². The summed E-state index contributed by atoms with van der Waals surface area (Å²) in [7, 11) is 0. The van der Waals surface area contributed by atoms with Crippen molar-refractivity contribution in [3.63, 3.8) is 0 Å². The Hall–Kier alpha value is -1.10. The van der Waals surface area contributed by atoms with E-state index in [0.29, 0.717) is 12.5 Å². The molecule has 1 unspecified atom stereocenters. The molecule has 0 saturated carbocycles. The van der Waals surface area contributed by atoms with Crippen LogP contribution in [0.5, 0.6) is 0 Å². The van der Waals surface area contributed by atoms with E-state index in [9.17, 15) is 14.7 Å². The van der Waals surface area contributed by atoms with Crippen LogP contribution in [0.1, 0.15) is 45.4 Å². The smallest absolute Gasteiger partial charge is 0.220 e. The van der Waals surface area contributed by atoms with Crippen molar-refractivity contribution in [1.29, 1.82) is 0 Å². The van der Waals surface area contributed by atoms with E-state index in [1.54, 1.807) is 4.90 Å². The van der Waals surface area contributed by atoms with Crippen molar-refractivity contribution in [3.05, 3.63) is 0 Å². The van der Waals surface area contributed by atoms with Crippen LogP contribution in [0.4, 0.5) is 0 Å². The van der Waals surface area contributed by atoms with E-state index in [4.69, 9.17) is 0 Å². The van der Waals surface area contributed by atoms with Crippen LogP contribution in [0.2, 0.25) is 0 Å². The first-order chi connectivity index (χ1) is 9.60. The van der Waals surface area contributed by atoms with Gasteiger partial charge in [-0.2, -0.15) is 0 Å². The van der Waals surface area contributed by atoms with Crippen molar-refractivity contribution in [2.75, 3.05) is 19.6 Å². The molecule has 5 heteroatoms. The molecular formula is C15H26N2O3. The summed E-state index contributed by atoms with van der Waals surface area (Å²) in [5, 5.41) is 13.3. The van der Waals surface area contributed by atoms with E-state index in [1.165, 1.54) is 32.4 Å². The van der Waals surface area contributed by atoms with Crippen molar-refractivity contribution in [2.45, 2.75) is 51.5 Å². The van der Waals surface area contributed by atoms with Gasteiger partial charge in [0.25, 0.3) is 0 Å². The average Bonchev–Trinajstić information content (AvgIpc) is 2.45. The lowest BCUT2D eigenvalue weighted by Crippen LogP contribution is -3.20. The number of hydrogen-bond acceptors (Lipinski definition) is 3. The Morgan fingerprint density at radius 3 is 2.75 bits per heavy atom. The Bertz CT molecular complexity index is 359. The highest BCUT2D eigenvalue weighted by molar-refractivity contribution is 5.76. The summed E-state index contributed by atoms with van der Waals surface area (Å²) in [5.74, 6) is 0.607. The highest BCUT2D eigenvalue weighted by Gasteiger charge is 2.42. The first-order valence-corrected chi connectivity index (χ1v) is 7.91. The molecule has 4 atom stereocenters. The fourth-order valence-corrected chi connectivity index (χ4v) is 3.85. The summed E-state index contributed by atoms with van der Waals surface area (Å²) in [6, 6.07) is 0.557. The van der Waals surface area contributed by atoms with E-state index in [0.717, 1.165) is 18.4 Å². The van der Waals surface area contributed by atoms with Gasteiger partial charge >= 0.3 is 0 Å². The maximum Gasteiger partial charge on any atom is 0.220 e. The second-order valence-corrected chi connectivity index (χ2v) is 6.29. The normalized spacial score (nSPS) is 32.0. The number of carbonyl (C=O) groups is 2. The standard InChI is InChI=1S/C15H26N2O3/c1-2-11-10-17-7-6-12(11)8-13(17)9-16-14(18)4-3-5-15(19)20/h11-13H,2-10H2,1H3,(H,16,18)(H,19,20)/t11-,12-,13+/m0/s1. The molecule has 0 aromatic heterocycles. The number of aliphatic carboxylic acids is 1. The van der Waals surface area contributed by atoms with Crippen LogP contribution >= 0.6 is 0 Å². The van der Waals surface area contributed by atoms with Gasteiger partial charge in [0.1, 0.15) is 6.04 Å². The fraction of sp³-hybridized carbons (Fsp3) is 0.867. The molecule has 2 bridgehead atoms. The molecule has 3 saturated heterocycles. The Kier molecular flexibility index (Phi) is 5.40. The van der Waals surface area contributed by atoms with Gasteiger partial charge < -0.3 is 20.1 Å². The predicted octanol–water partition coefficient (Wildman–Crippen LogP) is -1.27. The molecule has 3 heterocycles. The van der Waals surface area contributed by atoms with Gasteiger partial charge in [-0.05, 0) is 25.2 Å². The molecule has 3 aliphatic heterocycles. The first kappa shape index (κ1) is 15.3. The molecular weight excluding hydrogens is 256 g/mol. The second kappa shape index (κ2) is 7.07. The number of hydrogen-bond donors (Lipinski definition) is 2. The quantitative estimate of drug-likeness (QED) is 0.611. The molecule has 0 aliphatic carbocycles. The largest absolute Gasteiger partial charge is 0.550 e. The van der Waals surface area contributed by atoms with E-state index in [2.05, 4.69) is 12.2 Å². The van der Waals surface area contributed by atoms with Crippen LogP contribution in [0.3, 0.4) is 0 Å². The highest BCUT2D eigenvalue weighted by atomic mass is 16.4. The van der Waals surface area contributed by atoms with Crippen LogP contribution in [0.25, 0.3) is 0 Å². The van der Waals surface area contributed by atoms with Gasteiger partial charge in [-0.25, -0.2) is 0 Å². The third-order valence-corrected chi connectivity index (χ3v) is 5.05. The van der Waals surface area contributed by atoms with E-state index in [-0.39, 0.29) is 18.7 Å². The molecule has 2 N–H and O–H groups in total. The zero-order valence-electron chi connectivity index (χ0n) is 12.3. The van der Waals surface area contributed by atoms with Crippen LogP contribution in [-0.2, 0) is 9.59 Å². The number of rotatable bonds is 7. The van der Waals surface area contributed by atoms with Crippen LogP contribution in [-0.4, -0.2) is 37.6 Å². The number of amides is 1. The van der Waals surface area contributed by atoms with Gasteiger partial charge in [-0.15, -0.1) is 0 Å². The Morgan fingerprint density at radius 2 is 2.15 bits per heavy atom. The maximum atomic E-state index is 11.7. The molecule has 1 amide bonds. The van der Waals surface area contributed by atoms with Crippen LogP contribution < -0.4 is 15.3 Å². The first-order valence-electron chi connectivity index (χ1n) is 7.91. The number of quaternary nitrogens is 1. The number of carboxylic acid groups (broad SMARTS) is 1. The summed E-state index contributed by atoms with van der Waals surface area (Å²) < 4.78 is 0. The van der Waals surface area contributed by atoms with Crippen LogP contribution in [0.15, 0.2) is 0 Å². The molecule has 0 radical (unpaired) electrons. The molecule has 20 heavy (non-hydrogen) atoms. The summed E-state index contributed by atoms with van der Waals surface area (Å²) in [6.45, 7) is 5.52. The number of carbonyl (C=O) groups excluding carboxylic acids is 2. The number of carboxylic acids is 1. The van der Waals surface area contributed by atoms with Gasteiger partial charge in [0.15, 0.2) is 0 Å². The third-order valence-electron chi connectivity index (χ3n) is 5.05. The van der Waals surface area contributed by atoms with Crippen LogP contribution in [0, 0.1) is 11.8 Å². The molecule has 3 fully saturated rings. The lowest BCUT2D eigenvalue weighted by atomic mass is 9.74. The number of nitrogens with one attached hydrogen (secondary N) is 2. The van der Waals surface area contributed by atoms with Crippen molar-refractivity contribution >= 4 is 11.9 Å². The summed E-state index contributed by atoms with van der Waals surface area (Å²) in [5.41, 5.74) is 0. The monoisotopic (exact) mass is 282 g/mol. The second-order valence-electron chi connectivity index (χ2n) is 6.29. The Balaban J connectivity index is 1.67. The lowest BCUT2D eigenvalue weighted by Gasteiger charge is -2.46. The lowest BCUT2D eigenvalue weighted by molar-refractivity contribution is -0.945. The molecule has 3 aliphatic rings. The Labute approximate surface area is 120 Å². The molecule has 0 aromatic rings. The van der Waals surface area contributed by atoms with Gasteiger partial charge in [0, 0.05) is 31.1 Å². The van der Waals surface area contributed by atoms with Crippen molar-refractivity contribution in [2.24, 2.45) is 11.8 Å². The molecule has 114 valence electrons.